The van der Waals surface area contributed by atoms with Gasteiger partial charge in [-0.15, -0.1) is 0 Å². The summed E-state index contributed by atoms with van der Waals surface area (Å²) in [6, 6.07) is -65.3. The molecule has 0 aliphatic heterocycles. The number of hydrogen-bond acceptors (Lipinski definition) is 3. The molecule has 0 unspecified atom stereocenters. The van der Waals surface area contributed by atoms with Crippen LogP contribution in [0.25, 0.3) is 242 Å². The van der Waals surface area contributed by atoms with Crippen molar-refractivity contribution in [1.82, 2.24) is 0 Å². The molecule has 0 bridgehead atoms. The van der Waals surface area contributed by atoms with Gasteiger partial charge in [-0.05, 0) is 207 Å². The zero-order valence-corrected chi connectivity index (χ0v) is 61.4. The van der Waals surface area contributed by atoms with Crippen molar-refractivity contribution in [2.75, 3.05) is 0 Å². The molecule has 0 saturated carbocycles. The number of hydrogen-bond donors (Lipinski definition) is 0. The summed E-state index contributed by atoms with van der Waals surface area (Å²) in [5.74, 6) is 0. The van der Waals surface area contributed by atoms with Crippen molar-refractivity contribution in [1.29, 1.82) is 0 Å². The van der Waals surface area contributed by atoms with Crippen molar-refractivity contribution < 1.29 is 115 Å². The molecule has 0 spiro atoms. The second-order valence-corrected chi connectivity index (χ2v) is 26.2. The average molecular weight is 1640 g/mol. The zero-order chi connectivity index (χ0) is 146. The molecule has 0 saturated heterocycles. The van der Waals surface area contributed by atoms with Crippen LogP contribution in [0.5, 0.6) is 0 Å². The Labute approximate surface area is 815 Å². The molecule has 0 aliphatic rings. The second kappa shape index (κ2) is 30.6. The van der Waals surface area contributed by atoms with Crippen LogP contribution in [0.3, 0.4) is 0 Å². The highest BCUT2D eigenvalue weighted by atomic mass is 16.3. The number of rotatable bonds is 10. The Morgan fingerprint density at radius 3 is 0.756 bits per heavy atom. The summed E-state index contributed by atoms with van der Waals surface area (Å²) in [4.78, 5) is 0. The highest BCUT2D eigenvalue weighted by molar-refractivity contribution is 6.30. The van der Waals surface area contributed by atoms with Crippen molar-refractivity contribution in [3.8, 4) is 111 Å². The van der Waals surface area contributed by atoms with Gasteiger partial charge in [0.05, 0.1) is 101 Å². The molecule has 3 heteroatoms. The van der Waals surface area contributed by atoms with Crippen LogP contribution in [0.4, 0.5) is 0 Å². The van der Waals surface area contributed by atoms with Crippen molar-refractivity contribution in [3.63, 3.8) is 0 Å². The lowest BCUT2D eigenvalue weighted by atomic mass is 9.83. The van der Waals surface area contributed by atoms with E-state index in [0.29, 0.717) is 0 Å². The van der Waals surface area contributed by atoms with E-state index in [9.17, 15) is 28.8 Å². The van der Waals surface area contributed by atoms with Gasteiger partial charge in [-0.3, -0.25) is 0 Å². The van der Waals surface area contributed by atoms with Gasteiger partial charge in [0.2, 0.25) is 0 Å². The van der Waals surface area contributed by atoms with Crippen LogP contribution in [0, 0.1) is 0 Å². The summed E-state index contributed by atoms with van der Waals surface area (Å²) in [6.07, 6.45) is 0. The lowest BCUT2D eigenvalue weighted by molar-refractivity contribution is 0.668. The Morgan fingerprint density at radius 1 is 0.138 bits per heavy atom. The lowest BCUT2D eigenvalue weighted by Gasteiger charge is -2.20. The van der Waals surface area contributed by atoms with Gasteiger partial charge in [0.25, 0.3) is 0 Å². The predicted octanol–water partition coefficient (Wildman–Crippen LogP) is 34.3. The summed E-state index contributed by atoms with van der Waals surface area (Å²) in [7, 11) is 0. The SMILES string of the molecule is [2H]c1c([2H])c([2H])c(-c2c([2H])c([2H])c([2H])c([2H])c2-c2c3c([2H])c([2H])c([2H])c([2H])c3c(-c3c([2H])c([2H])c([2H])c4oc5c(-c6c([2H])c([2H])c([2H])c([2H])c6[2H])c([2H])c([2H])c([2H])c5c34)c3c([2H])c([2H])c([2H])c([2H])c23)c([2H])c1[2H].[2H]c1cc2c(oc3c([2H])c([2H])c([2H])c(-c4c5c([2H])c([2H])c([2H])c([2H])c5c(-c5c([2H])c([2H])c([2H])c(-c6c([2H])c([2H])c([2H])c([2H])c6[2H])c5[2H])c5c([2H])c([2H])c([2H])c([2H])c45)c32)c([2H])c1[2H].[2H]c1cc2c(oc3c([2H])c([2H])c([2H])c(-c4c5c([2H])c([2H])c([2H])c([2H])c5c(-c5c([2H])c([2H])c([2H])c([2H])c5-c5c([2H])c([2H])c([2H])c([2H])c5[2H])c5c([2H])c([2H])c([2H])c([2H])c45)c32)c([2H])c1[2H]. The molecule has 574 valence electrons. The largest absolute Gasteiger partial charge is 0.456 e. The molecule has 3 aromatic heterocycles. The quantitative estimate of drug-likeness (QED) is 0.128. The first-order chi connectivity index (χ1) is 91.8. The molecule has 22 aromatic carbocycles. The van der Waals surface area contributed by atoms with Crippen LogP contribution < -0.4 is 0 Å². The van der Waals surface area contributed by atoms with Crippen LogP contribution in [-0.2, 0) is 0 Å². The number of para-hydroxylation sites is 3. The first-order valence-electron chi connectivity index (χ1n) is 73.1. The third-order valence-electron chi connectivity index (χ3n) is 19.8. The van der Waals surface area contributed by atoms with Crippen LogP contribution in [-0.4, -0.2) is 0 Å². The van der Waals surface area contributed by atoms with E-state index in [1.165, 1.54) is 0 Å². The maximum Gasteiger partial charge on any atom is 0.143 e. The van der Waals surface area contributed by atoms with Crippen LogP contribution >= 0.6 is 0 Å². The van der Waals surface area contributed by atoms with E-state index < -0.39 is 656 Å². The number of benzene rings is 22. The Balaban J connectivity index is 0.000000153. The average Bonchev–Trinajstić information content (AvgIpc) is 1.68. The van der Waals surface area contributed by atoms with Gasteiger partial charge >= 0.3 is 0 Å². The fraction of sp³-hybridized carbons (Fsp3) is 0. The van der Waals surface area contributed by atoms with Crippen molar-refractivity contribution in [2.24, 2.45) is 0 Å². The molecule has 0 fully saturated rings. The van der Waals surface area contributed by atoms with Crippen LogP contribution in [0.2, 0.25) is 0 Å². The topological polar surface area (TPSA) is 39.4 Å². The van der Waals surface area contributed by atoms with E-state index in [0.717, 1.165) is 12.1 Å². The summed E-state index contributed by atoms with van der Waals surface area (Å²) < 4.78 is 675. The number of furan rings is 3. The van der Waals surface area contributed by atoms with Gasteiger partial charge in [0.15, 0.2) is 0 Å². The van der Waals surface area contributed by atoms with Gasteiger partial charge in [-0.25, -0.2) is 0 Å². The van der Waals surface area contributed by atoms with Crippen molar-refractivity contribution in [3.05, 3.63) is 459 Å². The zero-order valence-electron chi connectivity index (χ0n) is 135. The molecular weight excluding hydrogens is 1490 g/mol. The third kappa shape index (κ3) is 12.4. The van der Waals surface area contributed by atoms with Gasteiger partial charge in [0, 0.05) is 37.9 Å². The maximum absolute atomic E-state index is 9.57. The van der Waals surface area contributed by atoms with Crippen molar-refractivity contribution in [2.45, 2.75) is 0 Å². The molecule has 0 atom stereocenters. The minimum absolute atomic E-state index is 0.162. The van der Waals surface area contributed by atoms with Gasteiger partial charge in [-0.2, -0.15) is 0 Å². The Morgan fingerprint density at radius 2 is 0.374 bits per heavy atom. The minimum Gasteiger partial charge on any atom is -0.456 e. The summed E-state index contributed by atoms with van der Waals surface area (Å²) in [5.41, 5.74) is -17.6. The third-order valence-corrected chi connectivity index (χ3v) is 19.8. The normalized spacial score (nSPS) is 20.0. The van der Waals surface area contributed by atoms with E-state index in [-0.39, 0.29) is 32.7 Å². The van der Waals surface area contributed by atoms with E-state index in [4.69, 9.17) is 85.9 Å². The standard InChI is InChI=1S/C44H28O.2C38H24O/c1-3-15-29(16-4-1)31-19-7-8-20-33(31)41-34-21-9-11-23-36(34)42(37-24-12-10-22-35(37)41)38-26-14-28-40-43(38)39-27-13-25-32(44(39)45-40)30-17-5-2-6-18-30;1-2-12-25(13-3-1)26-14-10-15-27(24-26)36-28-16-4-6-18-30(28)37(31-19-7-5-17-29(31)36)33-21-11-23-35-38(33)32-20-8-9-22-34(32)39-35;1-2-13-25(14-3-1)26-15-4-5-16-27(26)36-28-17-6-8-19-30(28)37(31-20-9-7-18-29(31)36)33-22-12-24-35-38(33)32-21-10-11-23-34(32)39-35/h1-28H;2*1-24H/i1D,2D,3D,4D,5D,6D,7D,8D,9D,10D,11D,12D,13D,14D,15D,16D,17D,18D,19D,20D,21D,22D,23D,24D,25D,26D,27D,28D;1D,2D,3D,4D,5D,6D,7D,8D,9D,10D,11D,12D,13D,14D,15D,16D,17D,18D,19D,21D,22D,23D,24D;1D,2D,3D,4D,5D,6D,7D,8D,9D,10D,11D,12D,13D,14D,15D,16D,17D,18D,19D,20D,22D,23D,24D. The van der Waals surface area contributed by atoms with Crippen LogP contribution in [0.1, 0.15) is 101 Å². The maximum atomic E-state index is 9.57. The minimum atomic E-state index is -1.08. The van der Waals surface area contributed by atoms with Crippen LogP contribution in [0.15, 0.2) is 473 Å². The van der Waals surface area contributed by atoms with E-state index >= 15 is 0 Å². The molecule has 0 N–H and O–H groups in total. The van der Waals surface area contributed by atoms with E-state index in [2.05, 4.69) is 0 Å². The molecule has 25 rings (SSSR count). The second-order valence-electron chi connectivity index (χ2n) is 26.2. The summed E-state index contributed by atoms with van der Waals surface area (Å²) >= 11 is 0. The van der Waals surface area contributed by atoms with E-state index in [1.807, 2.05) is 0 Å². The molecule has 0 radical (unpaired) electrons. The Bertz CT molecular complexity index is 12900. The first-order valence-corrected chi connectivity index (χ1v) is 36.1. The fourth-order valence-electron chi connectivity index (χ4n) is 14.9. The first kappa shape index (κ1) is 29.1. The Kier molecular flexibility index (Phi) is 7.24. The van der Waals surface area contributed by atoms with E-state index in [1.54, 1.807) is 0 Å². The molecule has 0 amide bonds. The Hall–Kier alpha value is -16.2. The molecule has 123 heavy (non-hydrogen) atoms. The summed E-state index contributed by atoms with van der Waals surface area (Å²) in [5, 5.41) is -10.6. The monoisotopic (exact) mass is 1640 g/mol. The highest BCUT2D eigenvalue weighted by Crippen LogP contribution is 2.53. The van der Waals surface area contributed by atoms with Gasteiger partial charge in [-0.1, -0.05) is 423 Å². The molecule has 3 nitrogen and oxygen atoms in total. The molecule has 0 aliphatic carbocycles. The predicted molar refractivity (Wildman–Crippen MR) is 521 cm³/mol. The smallest absolute Gasteiger partial charge is 0.143 e. The highest BCUT2D eigenvalue weighted by Gasteiger charge is 2.27. The van der Waals surface area contributed by atoms with Gasteiger partial charge in [0.1, 0.15) is 33.5 Å². The fourth-order valence-corrected chi connectivity index (χ4v) is 14.9. The summed E-state index contributed by atoms with van der Waals surface area (Å²) in [6.45, 7) is 0. The molecular formula is C120H76O3. The molecule has 25 aromatic rings. The molecule has 3 heterocycles. The van der Waals surface area contributed by atoms with Gasteiger partial charge < -0.3 is 13.3 Å². The number of fused-ring (bicyclic) bond motifs is 15. The van der Waals surface area contributed by atoms with Crippen molar-refractivity contribution >= 4 is 130 Å². The lowest BCUT2D eigenvalue weighted by Crippen LogP contribution is -1.93.